The number of hydrogen-bond acceptors (Lipinski definition) is 1. The molecule has 0 aliphatic heterocycles. The second-order valence-electron chi connectivity index (χ2n) is 7.34. The monoisotopic (exact) mass is 371 g/mol. The van der Waals surface area contributed by atoms with Gasteiger partial charge in [-0.25, -0.2) is 0 Å². The molecule has 1 aromatic carbocycles. The van der Waals surface area contributed by atoms with Gasteiger partial charge in [0.05, 0.1) is 0 Å². The molecule has 0 aromatic heterocycles. The number of fused-ring (bicyclic) bond motifs is 2. The van der Waals surface area contributed by atoms with Crippen LogP contribution in [0.5, 0.6) is 0 Å². The molecule has 4 rings (SSSR count). The Morgan fingerprint density at radius 2 is 1.74 bits per heavy atom. The Kier molecular flexibility index (Phi) is 3.87. The molecule has 4 atom stereocenters. The van der Waals surface area contributed by atoms with E-state index in [1.807, 2.05) is 25.1 Å². The van der Waals surface area contributed by atoms with Crippen LogP contribution in [-0.4, -0.2) is 10.2 Å². The number of nitrogens with one attached hydrogen (secondary N) is 1. The van der Waals surface area contributed by atoms with E-state index in [0.29, 0.717) is 28.7 Å². The van der Waals surface area contributed by atoms with E-state index in [9.17, 15) is 4.79 Å². The van der Waals surface area contributed by atoms with E-state index < -0.39 is 4.33 Å². The van der Waals surface area contributed by atoms with Crippen LogP contribution in [0.15, 0.2) is 18.2 Å². The minimum Gasteiger partial charge on any atom is -0.326 e. The van der Waals surface area contributed by atoms with Crippen LogP contribution in [0.1, 0.15) is 31.2 Å². The van der Waals surface area contributed by atoms with Gasteiger partial charge in [0.1, 0.15) is 4.33 Å². The first kappa shape index (κ1) is 16.1. The predicted octanol–water partition coefficient (Wildman–Crippen LogP) is 5.44. The van der Waals surface area contributed by atoms with Gasteiger partial charge in [0.15, 0.2) is 0 Å². The van der Waals surface area contributed by atoms with Crippen LogP contribution < -0.4 is 5.32 Å². The summed E-state index contributed by atoms with van der Waals surface area (Å²) in [5, 5.41) is 3.72. The van der Waals surface area contributed by atoms with Crippen molar-refractivity contribution in [1.29, 1.82) is 0 Å². The summed E-state index contributed by atoms with van der Waals surface area (Å²) in [6.07, 6.45) is 4.25. The highest BCUT2D eigenvalue weighted by Gasteiger charge is 2.65. The maximum absolute atomic E-state index is 12.6. The summed E-state index contributed by atoms with van der Waals surface area (Å²) in [5.41, 5.74) is 1.86. The number of anilines is 1. The van der Waals surface area contributed by atoms with Crippen LogP contribution in [0.2, 0.25) is 5.02 Å². The Labute approximate surface area is 151 Å². The Bertz CT molecular complexity index is 638. The largest absolute Gasteiger partial charge is 0.326 e. The van der Waals surface area contributed by atoms with Crippen molar-refractivity contribution >= 4 is 46.4 Å². The van der Waals surface area contributed by atoms with E-state index in [-0.39, 0.29) is 11.8 Å². The van der Waals surface area contributed by atoms with Crippen molar-refractivity contribution in [1.82, 2.24) is 0 Å². The molecule has 0 bridgehead atoms. The van der Waals surface area contributed by atoms with Gasteiger partial charge in [-0.2, -0.15) is 0 Å². The minimum absolute atomic E-state index is 0.143. The van der Waals surface area contributed by atoms with Crippen molar-refractivity contribution in [3.63, 3.8) is 0 Å². The molecule has 3 aliphatic rings. The summed E-state index contributed by atoms with van der Waals surface area (Å²) in [4.78, 5) is 12.6. The van der Waals surface area contributed by atoms with Gasteiger partial charge in [0.2, 0.25) is 5.91 Å². The third-order valence-electron chi connectivity index (χ3n) is 6.08. The number of benzene rings is 1. The van der Waals surface area contributed by atoms with E-state index in [0.717, 1.165) is 36.9 Å². The topological polar surface area (TPSA) is 29.1 Å². The van der Waals surface area contributed by atoms with Gasteiger partial charge in [0, 0.05) is 16.6 Å². The van der Waals surface area contributed by atoms with Crippen molar-refractivity contribution in [2.24, 2.45) is 29.6 Å². The SMILES string of the molecule is Cc1ccc(Cl)cc1NC(=O)C1[C@@H]2CC[C@@H]3[C@@H](CC[C@@H]12)C3(Cl)Cl. The average molecular weight is 373 g/mol. The lowest BCUT2D eigenvalue weighted by molar-refractivity contribution is -0.117. The van der Waals surface area contributed by atoms with E-state index in [2.05, 4.69) is 5.32 Å². The lowest BCUT2D eigenvalue weighted by Gasteiger charge is -2.09. The van der Waals surface area contributed by atoms with Gasteiger partial charge < -0.3 is 5.32 Å². The molecule has 23 heavy (non-hydrogen) atoms. The molecule has 0 spiro atoms. The van der Waals surface area contributed by atoms with Gasteiger partial charge in [-0.3, -0.25) is 4.79 Å². The minimum atomic E-state index is -0.494. The van der Waals surface area contributed by atoms with E-state index in [1.54, 1.807) is 0 Å². The summed E-state index contributed by atoms with van der Waals surface area (Å²) >= 11 is 18.7. The quantitative estimate of drug-likeness (QED) is 0.688. The number of halogens is 3. The number of amides is 1. The molecule has 2 nitrogen and oxygen atoms in total. The smallest absolute Gasteiger partial charge is 0.228 e. The molecule has 0 radical (unpaired) electrons. The Morgan fingerprint density at radius 1 is 1.13 bits per heavy atom. The van der Waals surface area contributed by atoms with Gasteiger partial charge in [0.25, 0.3) is 0 Å². The number of carbonyl (C=O) groups excluding carboxylic acids is 1. The lowest BCUT2D eigenvalue weighted by Crippen LogP contribution is -2.16. The van der Waals surface area contributed by atoms with Crippen molar-refractivity contribution < 1.29 is 4.79 Å². The molecule has 124 valence electrons. The fourth-order valence-corrected chi connectivity index (χ4v) is 5.65. The molecule has 1 aromatic rings. The molecular weight excluding hydrogens is 353 g/mol. The summed E-state index contributed by atoms with van der Waals surface area (Å²) in [5.74, 6) is 2.16. The maximum Gasteiger partial charge on any atom is 0.228 e. The van der Waals surface area contributed by atoms with Crippen molar-refractivity contribution in [3.05, 3.63) is 28.8 Å². The third kappa shape index (κ3) is 2.77. The summed E-state index contributed by atoms with van der Waals surface area (Å²) in [7, 11) is 0. The van der Waals surface area contributed by atoms with Crippen molar-refractivity contribution in [2.45, 2.75) is 36.9 Å². The predicted molar refractivity (Wildman–Crippen MR) is 95.2 cm³/mol. The highest BCUT2D eigenvalue weighted by atomic mass is 35.5. The van der Waals surface area contributed by atoms with Crippen molar-refractivity contribution in [2.75, 3.05) is 5.32 Å². The number of carbonyl (C=O) groups is 1. The third-order valence-corrected chi connectivity index (χ3v) is 7.44. The zero-order valence-electron chi connectivity index (χ0n) is 13.0. The van der Waals surface area contributed by atoms with Gasteiger partial charge in [-0.15, -0.1) is 23.2 Å². The van der Waals surface area contributed by atoms with Gasteiger partial charge in [-0.1, -0.05) is 17.7 Å². The van der Waals surface area contributed by atoms with Crippen LogP contribution in [0.4, 0.5) is 5.69 Å². The summed E-state index contributed by atoms with van der Waals surface area (Å²) in [6, 6.07) is 5.60. The van der Waals surface area contributed by atoms with Crippen LogP contribution in [0.3, 0.4) is 0 Å². The Hall–Kier alpha value is -0.440. The molecule has 3 fully saturated rings. The normalized spacial score (nSPS) is 37.0. The number of rotatable bonds is 2. The summed E-state index contributed by atoms with van der Waals surface area (Å²) in [6.45, 7) is 1.98. The number of aryl methyl sites for hydroxylation is 1. The first-order valence-corrected chi connectivity index (χ1v) is 9.48. The maximum atomic E-state index is 12.6. The average Bonchev–Trinajstić information content (AvgIpc) is 3.27. The Morgan fingerprint density at radius 3 is 2.35 bits per heavy atom. The van der Waals surface area contributed by atoms with Crippen molar-refractivity contribution in [3.8, 4) is 0 Å². The molecule has 5 heteroatoms. The number of alkyl halides is 2. The first-order valence-electron chi connectivity index (χ1n) is 8.34. The molecule has 1 N–H and O–H groups in total. The van der Waals surface area contributed by atoms with Gasteiger partial charge in [-0.05, 0) is 74.0 Å². The van der Waals surface area contributed by atoms with E-state index in [4.69, 9.17) is 34.8 Å². The highest BCUT2D eigenvalue weighted by Crippen LogP contribution is 2.67. The highest BCUT2D eigenvalue weighted by molar-refractivity contribution is 6.51. The van der Waals surface area contributed by atoms with Crippen LogP contribution in [-0.2, 0) is 4.79 Å². The molecular formula is C18H20Cl3NO. The molecule has 1 amide bonds. The van der Waals surface area contributed by atoms with Crippen LogP contribution in [0, 0.1) is 36.5 Å². The lowest BCUT2D eigenvalue weighted by atomic mass is 10.0. The second kappa shape index (κ2) is 5.54. The molecule has 0 saturated heterocycles. The van der Waals surface area contributed by atoms with Crippen LogP contribution >= 0.6 is 34.8 Å². The molecule has 3 saturated carbocycles. The first-order chi connectivity index (χ1) is 10.9. The van der Waals surface area contributed by atoms with E-state index >= 15 is 0 Å². The fourth-order valence-electron chi connectivity index (χ4n) is 4.56. The molecule has 0 heterocycles. The molecule has 3 aliphatic carbocycles. The summed E-state index contributed by atoms with van der Waals surface area (Å²) < 4.78 is -0.494. The van der Waals surface area contributed by atoms with Crippen LogP contribution in [0.25, 0.3) is 0 Å². The number of hydrogen-bond donors (Lipinski definition) is 1. The second-order valence-corrected chi connectivity index (χ2v) is 9.22. The van der Waals surface area contributed by atoms with Gasteiger partial charge >= 0.3 is 0 Å². The fraction of sp³-hybridized carbons (Fsp3) is 0.611. The Balaban J connectivity index is 1.41. The molecule has 0 unspecified atom stereocenters. The zero-order valence-corrected chi connectivity index (χ0v) is 15.3. The standard InChI is InChI=1S/C18H20Cl3NO/c1-9-2-3-10(19)8-15(9)22-17(23)16-11-4-6-13-14(18(13,20)21)7-5-12(11)16/h2-3,8,11-14,16H,4-7H2,1H3,(H,22,23)/t11-,12-,13-,14-/m1/s1. The zero-order chi connectivity index (χ0) is 16.4. The van der Waals surface area contributed by atoms with E-state index in [1.165, 1.54) is 0 Å².